The number of carbonyl (C=O) groups is 2. The van der Waals surface area contributed by atoms with Gasteiger partial charge in [-0.2, -0.15) is 0 Å². The third kappa shape index (κ3) is 3.93. The number of H-pyrrole nitrogens is 1. The van der Waals surface area contributed by atoms with Crippen LogP contribution in [0.2, 0.25) is 0 Å². The summed E-state index contributed by atoms with van der Waals surface area (Å²) in [6.45, 7) is 8.90. The number of amides is 1. The summed E-state index contributed by atoms with van der Waals surface area (Å²) in [5.41, 5.74) is 2.22. The number of methoxy groups -OCH3 is 1. The highest BCUT2D eigenvalue weighted by molar-refractivity contribution is 6.00. The van der Waals surface area contributed by atoms with Gasteiger partial charge in [-0.25, -0.2) is 4.79 Å². The van der Waals surface area contributed by atoms with E-state index in [-0.39, 0.29) is 11.9 Å². The summed E-state index contributed by atoms with van der Waals surface area (Å²) >= 11 is 0. The number of hydrogen-bond donors (Lipinski definition) is 2. The maximum Gasteiger partial charge on any atom is 0.339 e. The van der Waals surface area contributed by atoms with E-state index in [4.69, 9.17) is 4.74 Å². The Labute approximate surface area is 137 Å². The number of hydrogen-bond acceptors (Lipinski definition) is 4. The molecule has 2 heterocycles. The molecule has 0 atom stereocenters. The van der Waals surface area contributed by atoms with Crippen molar-refractivity contribution in [3.63, 3.8) is 0 Å². The molecule has 6 nitrogen and oxygen atoms in total. The molecule has 0 aromatic carbocycles. The minimum Gasteiger partial charge on any atom is -0.465 e. The summed E-state index contributed by atoms with van der Waals surface area (Å²) in [6.07, 6.45) is 3.09. The molecule has 1 amide bonds. The Morgan fingerprint density at radius 2 is 1.96 bits per heavy atom. The van der Waals surface area contributed by atoms with E-state index >= 15 is 0 Å². The molecular formula is C17H27N3O3. The molecule has 1 aromatic rings. The predicted molar refractivity (Wildman–Crippen MR) is 88.8 cm³/mol. The van der Waals surface area contributed by atoms with Crippen LogP contribution >= 0.6 is 0 Å². The van der Waals surface area contributed by atoms with Crippen LogP contribution in [-0.2, 0) is 4.74 Å². The molecule has 1 fully saturated rings. The third-order valence-corrected chi connectivity index (χ3v) is 4.52. The number of aromatic amines is 1. The van der Waals surface area contributed by atoms with Gasteiger partial charge in [0.1, 0.15) is 5.69 Å². The smallest absolute Gasteiger partial charge is 0.339 e. The summed E-state index contributed by atoms with van der Waals surface area (Å²) < 4.78 is 4.78. The van der Waals surface area contributed by atoms with E-state index in [0.29, 0.717) is 22.5 Å². The van der Waals surface area contributed by atoms with Gasteiger partial charge in [-0.15, -0.1) is 0 Å². The Hall–Kier alpha value is -1.82. The first-order chi connectivity index (χ1) is 11.0. The van der Waals surface area contributed by atoms with Gasteiger partial charge in [0.05, 0.1) is 12.7 Å². The fraction of sp³-hybridized carbons (Fsp3) is 0.647. The summed E-state index contributed by atoms with van der Waals surface area (Å²) in [4.78, 5) is 29.8. The van der Waals surface area contributed by atoms with Gasteiger partial charge in [0.15, 0.2) is 0 Å². The highest BCUT2D eigenvalue weighted by Gasteiger charge is 2.25. The molecule has 2 N–H and O–H groups in total. The monoisotopic (exact) mass is 321 g/mol. The topological polar surface area (TPSA) is 74.4 Å². The second-order valence-electron chi connectivity index (χ2n) is 6.21. The van der Waals surface area contributed by atoms with Crippen molar-refractivity contribution in [3.05, 3.63) is 22.5 Å². The number of likely N-dealkylation sites (tertiary alicyclic amines) is 1. The lowest BCUT2D eigenvalue weighted by atomic mass is 10.0. The number of rotatable bonds is 5. The zero-order valence-corrected chi connectivity index (χ0v) is 14.5. The Kier molecular flexibility index (Phi) is 5.82. The lowest BCUT2D eigenvalue weighted by Gasteiger charge is -2.32. The van der Waals surface area contributed by atoms with E-state index in [1.165, 1.54) is 7.11 Å². The van der Waals surface area contributed by atoms with Crippen molar-refractivity contribution in [1.29, 1.82) is 0 Å². The van der Waals surface area contributed by atoms with Crippen molar-refractivity contribution in [2.24, 2.45) is 0 Å². The lowest BCUT2D eigenvalue weighted by molar-refractivity contribution is 0.0599. The molecule has 1 aromatic heterocycles. The minimum absolute atomic E-state index is 0.144. The van der Waals surface area contributed by atoms with Gasteiger partial charge in [-0.3, -0.25) is 4.79 Å². The predicted octanol–water partition coefficient (Wildman–Crippen LogP) is 2.02. The van der Waals surface area contributed by atoms with Gasteiger partial charge < -0.3 is 19.9 Å². The van der Waals surface area contributed by atoms with Crippen LogP contribution in [-0.4, -0.2) is 54.5 Å². The van der Waals surface area contributed by atoms with E-state index in [1.807, 2.05) is 0 Å². The van der Waals surface area contributed by atoms with Crippen molar-refractivity contribution in [3.8, 4) is 0 Å². The minimum atomic E-state index is -0.414. The summed E-state index contributed by atoms with van der Waals surface area (Å²) in [5, 5.41) is 3.09. The molecule has 0 radical (unpaired) electrons. The SMILES string of the molecule is CCCN1CCC(NC(=O)c2[nH]c(C)c(C(=O)OC)c2C)CC1. The highest BCUT2D eigenvalue weighted by Crippen LogP contribution is 2.19. The van der Waals surface area contributed by atoms with E-state index in [1.54, 1.807) is 13.8 Å². The maximum absolute atomic E-state index is 12.5. The van der Waals surface area contributed by atoms with E-state index in [0.717, 1.165) is 38.9 Å². The van der Waals surface area contributed by atoms with Crippen molar-refractivity contribution in [2.75, 3.05) is 26.7 Å². The van der Waals surface area contributed by atoms with Gasteiger partial charge >= 0.3 is 5.97 Å². The Bertz CT molecular complexity index is 572. The average Bonchev–Trinajstić information content (AvgIpc) is 2.84. The Balaban J connectivity index is 2.01. The summed E-state index contributed by atoms with van der Waals surface area (Å²) in [5.74, 6) is -0.558. The molecule has 0 bridgehead atoms. The number of aromatic nitrogens is 1. The molecule has 2 rings (SSSR count). The molecule has 0 spiro atoms. The highest BCUT2D eigenvalue weighted by atomic mass is 16.5. The standard InChI is InChI=1S/C17H27N3O3/c1-5-8-20-9-6-13(7-10-20)19-16(21)15-11(2)14(12(3)18-15)17(22)23-4/h13,18H,5-10H2,1-4H3,(H,19,21). The molecule has 0 saturated carbocycles. The van der Waals surface area contributed by atoms with Crippen molar-refractivity contribution in [1.82, 2.24) is 15.2 Å². The number of piperidine rings is 1. The average molecular weight is 321 g/mol. The van der Waals surface area contributed by atoms with Crippen molar-refractivity contribution < 1.29 is 14.3 Å². The molecule has 23 heavy (non-hydrogen) atoms. The maximum atomic E-state index is 12.5. The number of nitrogens with one attached hydrogen (secondary N) is 2. The molecule has 1 saturated heterocycles. The van der Waals surface area contributed by atoms with Crippen LogP contribution in [0.4, 0.5) is 0 Å². The van der Waals surface area contributed by atoms with E-state index < -0.39 is 5.97 Å². The fourth-order valence-corrected chi connectivity index (χ4v) is 3.26. The normalized spacial score (nSPS) is 16.3. The lowest BCUT2D eigenvalue weighted by Crippen LogP contribution is -2.45. The zero-order chi connectivity index (χ0) is 17.0. The van der Waals surface area contributed by atoms with Gasteiger partial charge in [0, 0.05) is 24.8 Å². The zero-order valence-electron chi connectivity index (χ0n) is 14.5. The molecular weight excluding hydrogens is 294 g/mol. The molecule has 128 valence electrons. The molecule has 0 aliphatic carbocycles. The molecule has 1 aliphatic rings. The summed E-state index contributed by atoms with van der Waals surface area (Å²) in [7, 11) is 1.35. The first kappa shape index (κ1) is 17.5. The van der Waals surface area contributed by atoms with Gasteiger partial charge in [-0.05, 0) is 45.2 Å². The van der Waals surface area contributed by atoms with Crippen LogP contribution in [0.25, 0.3) is 0 Å². The Morgan fingerprint density at radius 3 is 2.52 bits per heavy atom. The fourth-order valence-electron chi connectivity index (χ4n) is 3.26. The van der Waals surface area contributed by atoms with Crippen LogP contribution in [0.5, 0.6) is 0 Å². The number of esters is 1. The van der Waals surface area contributed by atoms with Crippen LogP contribution in [0.15, 0.2) is 0 Å². The molecule has 1 aliphatic heterocycles. The second-order valence-corrected chi connectivity index (χ2v) is 6.21. The van der Waals surface area contributed by atoms with Gasteiger partial charge in [0.25, 0.3) is 5.91 Å². The quantitative estimate of drug-likeness (QED) is 0.814. The molecule has 6 heteroatoms. The third-order valence-electron chi connectivity index (χ3n) is 4.52. The van der Waals surface area contributed by atoms with Crippen LogP contribution in [0, 0.1) is 13.8 Å². The Morgan fingerprint density at radius 1 is 1.30 bits per heavy atom. The first-order valence-corrected chi connectivity index (χ1v) is 8.28. The number of aryl methyl sites for hydroxylation is 1. The van der Waals surface area contributed by atoms with E-state index in [9.17, 15) is 9.59 Å². The van der Waals surface area contributed by atoms with Crippen LogP contribution in [0.1, 0.15) is 58.3 Å². The van der Waals surface area contributed by atoms with Crippen LogP contribution in [0.3, 0.4) is 0 Å². The number of carbonyl (C=O) groups excluding carboxylic acids is 2. The largest absolute Gasteiger partial charge is 0.465 e. The van der Waals surface area contributed by atoms with Gasteiger partial charge in [-0.1, -0.05) is 6.92 Å². The molecule has 0 unspecified atom stereocenters. The number of nitrogens with zero attached hydrogens (tertiary/aromatic N) is 1. The van der Waals surface area contributed by atoms with Crippen molar-refractivity contribution in [2.45, 2.75) is 46.1 Å². The first-order valence-electron chi connectivity index (χ1n) is 8.28. The van der Waals surface area contributed by atoms with Crippen LogP contribution < -0.4 is 5.32 Å². The van der Waals surface area contributed by atoms with E-state index in [2.05, 4.69) is 22.1 Å². The second kappa shape index (κ2) is 7.64. The van der Waals surface area contributed by atoms with Gasteiger partial charge in [0.2, 0.25) is 0 Å². The number of ether oxygens (including phenoxy) is 1. The van der Waals surface area contributed by atoms with Crippen molar-refractivity contribution >= 4 is 11.9 Å². The summed E-state index contributed by atoms with van der Waals surface area (Å²) in [6, 6.07) is 0.195.